The van der Waals surface area contributed by atoms with Crippen LogP contribution < -0.4 is 4.74 Å². The van der Waals surface area contributed by atoms with Crippen LogP contribution in [-0.2, 0) is 19.7 Å². The number of phenolic OH excluding ortho intramolecular Hbond substituents is 1. The highest BCUT2D eigenvalue weighted by molar-refractivity contribution is 5.85. The summed E-state index contributed by atoms with van der Waals surface area (Å²) in [6.07, 6.45) is 5.02. The van der Waals surface area contributed by atoms with Gasteiger partial charge in [-0.15, -0.1) is 12.4 Å². The van der Waals surface area contributed by atoms with Crippen molar-refractivity contribution in [1.29, 1.82) is 0 Å². The normalized spacial score (nSPS) is 17.6. The highest BCUT2D eigenvalue weighted by atomic mass is 35.5. The molecular formula is C23H31ClN2O2. The van der Waals surface area contributed by atoms with E-state index in [2.05, 4.69) is 21.9 Å². The summed E-state index contributed by atoms with van der Waals surface area (Å²) in [5.74, 6) is 1.32. The van der Waals surface area contributed by atoms with Crippen molar-refractivity contribution >= 4 is 12.4 Å². The standard InChI is InChI=1S/C23H30N2O2.ClH/c26-23-20(16-24-10-4-5-11-24)14-22(27-18-19-8-2-1-3-9-19)15-21(23)17-25-12-6-7-13-25;/h1-3,8-9,14-15,26H,4-7,10-13,16-18H2;1H. The van der Waals surface area contributed by atoms with Crippen LogP contribution in [0.25, 0.3) is 0 Å². The summed E-state index contributed by atoms with van der Waals surface area (Å²) in [5, 5.41) is 10.9. The van der Waals surface area contributed by atoms with Gasteiger partial charge in [0.1, 0.15) is 18.1 Å². The molecule has 2 aliphatic heterocycles. The number of hydrogen-bond acceptors (Lipinski definition) is 4. The van der Waals surface area contributed by atoms with Crippen LogP contribution in [0.3, 0.4) is 0 Å². The maximum atomic E-state index is 10.9. The van der Waals surface area contributed by atoms with E-state index in [0.717, 1.165) is 61.7 Å². The molecule has 2 aliphatic rings. The molecule has 4 rings (SSSR count). The smallest absolute Gasteiger partial charge is 0.124 e. The molecule has 0 radical (unpaired) electrons. The predicted octanol–water partition coefficient (Wildman–Crippen LogP) is 4.58. The van der Waals surface area contributed by atoms with Gasteiger partial charge in [-0.2, -0.15) is 0 Å². The van der Waals surface area contributed by atoms with E-state index in [-0.39, 0.29) is 12.4 Å². The second-order valence-electron chi connectivity index (χ2n) is 7.83. The summed E-state index contributed by atoms with van der Waals surface area (Å²) < 4.78 is 6.11. The van der Waals surface area contributed by atoms with E-state index in [9.17, 15) is 5.11 Å². The molecule has 2 aromatic rings. The Morgan fingerprint density at radius 2 is 1.29 bits per heavy atom. The molecule has 2 saturated heterocycles. The molecule has 0 saturated carbocycles. The monoisotopic (exact) mass is 402 g/mol. The van der Waals surface area contributed by atoms with E-state index in [1.165, 1.54) is 25.7 Å². The van der Waals surface area contributed by atoms with Gasteiger partial charge in [0.15, 0.2) is 0 Å². The van der Waals surface area contributed by atoms with Gasteiger partial charge >= 0.3 is 0 Å². The van der Waals surface area contributed by atoms with Crippen LogP contribution in [0.15, 0.2) is 42.5 Å². The van der Waals surface area contributed by atoms with E-state index in [1.54, 1.807) is 0 Å². The minimum absolute atomic E-state index is 0. The van der Waals surface area contributed by atoms with Gasteiger partial charge in [0.2, 0.25) is 0 Å². The van der Waals surface area contributed by atoms with E-state index in [4.69, 9.17) is 4.74 Å². The molecule has 2 fully saturated rings. The van der Waals surface area contributed by atoms with Crippen LogP contribution in [0, 0.1) is 0 Å². The summed E-state index contributed by atoms with van der Waals surface area (Å²) in [5.41, 5.74) is 3.15. The van der Waals surface area contributed by atoms with E-state index < -0.39 is 0 Å². The summed E-state index contributed by atoms with van der Waals surface area (Å²) in [7, 11) is 0. The molecule has 5 heteroatoms. The highest BCUT2D eigenvalue weighted by Crippen LogP contribution is 2.32. The molecule has 0 aromatic heterocycles. The molecule has 0 amide bonds. The molecule has 0 aliphatic carbocycles. The topological polar surface area (TPSA) is 35.9 Å². The Labute approximate surface area is 174 Å². The average Bonchev–Trinajstić information content (AvgIpc) is 3.38. The Bertz CT molecular complexity index is 703. The van der Waals surface area contributed by atoms with Gasteiger partial charge in [-0.1, -0.05) is 30.3 Å². The fourth-order valence-electron chi connectivity index (χ4n) is 4.16. The first-order valence-electron chi connectivity index (χ1n) is 10.2. The summed E-state index contributed by atoms with van der Waals surface area (Å²) >= 11 is 0. The minimum Gasteiger partial charge on any atom is -0.507 e. The maximum absolute atomic E-state index is 10.9. The Kier molecular flexibility index (Phi) is 7.60. The highest BCUT2D eigenvalue weighted by Gasteiger charge is 2.19. The van der Waals surface area contributed by atoms with E-state index in [1.807, 2.05) is 30.3 Å². The molecule has 2 heterocycles. The van der Waals surface area contributed by atoms with Crippen LogP contribution in [0.4, 0.5) is 0 Å². The lowest BCUT2D eigenvalue weighted by atomic mass is 10.1. The zero-order chi connectivity index (χ0) is 18.5. The third kappa shape index (κ3) is 5.40. The number of nitrogens with zero attached hydrogens (tertiary/aromatic N) is 2. The van der Waals surface area contributed by atoms with Crippen molar-refractivity contribution in [3.05, 3.63) is 59.2 Å². The molecular weight excluding hydrogens is 372 g/mol. The maximum Gasteiger partial charge on any atom is 0.124 e. The fraction of sp³-hybridized carbons (Fsp3) is 0.478. The van der Waals surface area contributed by atoms with E-state index in [0.29, 0.717) is 12.4 Å². The van der Waals surface area contributed by atoms with Crippen molar-refractivity contribution < 1.29 is 9.84 Å². The van der Waals surface area contributed by atoms with Crippen LogP contribution in [0.1, 0.15) is 42.4 Å². The molecule has 4 nitrogen and oxygen atoms in total. The molecule has 0 atom stereocenters. The number of aromatic hydroxyl groups is 1. The number of hydrogen-bond donors (Lipinski definition) is 1. The van der Waals surface area contributed by atoms with Crippen molar-refractivity contribution in [3.8, 4) is 11.5 Å². The molecule has 1 N–H and O–H groups in total. The van der Waals surface area contributed by atoms with Crippen molar-refractivity contribution in [1.82, 2.24) is 9.80 Å². The number of ether oxygens (including phenoxy) is 1. The van der Waals surface area contributed by atoms with Crippen LogP contribution in [0.5, 0.6) is 11.5 Å². The van der Waals surface area contributed by atoms with Gasteiger partial charge in [-0.05, 0) is 69.6 Å². The van der Waals surface area contributed by atoms with Crippen molar-refractivity contribution in [2.45, 2.75) is 45.4 Å². The lowest BCUT2D eigenvalue weighted by Crippen LogP contribution is -2.20. The van der Waals surface area contributed by atoms with Gasteiger partial charge in [-0.3, -0.25) is 9.80 Å². The van der Waals surface area contributed by atoms with Gasteiger partial charge < -0.3 is 9.84 Å². The molecule has 152 valence electrons. The van der Waals surface area contributed by atoms with Crippen LogP contribution in [0.2, 0.25) is 0 Å². The molecule has 0 unspecified atom stereocenters. The second-order valence-corrected chi connectivity index (χ2v) is 7.83. The lowest BCUT2D eigenvalue weighted by molar-refractivity contribution is 0.293. The van der Waals surface area contributed by atoms with Gasteiger partial charge in [0.25, 0.3) is 0 Å². The Morgan fingerprint density at radius 3 is 1.79 bits per heavy atom. The number of benzene rings is 2. The van der Waals surface area contributed by atoms with Crippen LogP contribution >= 0.6 is 12.4 Å². The summed E-state index contributed by atoms with van der Waals surface area (Å²) in [6.45, 7) is 6.65. The second kappa shape index (κ2) is 10.1. The SMILES string of the molecule is Cl.Oc1c(CN2CCCC2)cc(OCc2ccccc2)cc1CN1CCCC1. The van der Waals surface area contributed by atoms with Crippen LogP contribution in [-0.4, -0.2) is 41.1 Å². The number of rotatable bonds is 7. The first-order chi connectivity index (χ1) is 13.3. The molecule has 0 bridgehead atoms. The van der Waals surface area contributed by atoms with Gasteiger partial charge in [0.05, 0.1) is 0 Å². The molecule has 28 heavy (non-hydrogen) atoms. The first kappa shape index (κ1) is 21.0. The van der Waals surface area contributed by atoms with Crippen molar-refractivity contribution in [2.75, 3.05) is 26.2 Å². The number of likely N-dealkylation sites (tertiary alicyclic amines) is 2. The first-order valence-corrected chi connectivity index (χ1v) is 10.2. The Hall–Kier alpha value is -1.75. The summed E-state index contributed by atoms with van der Waals surface area (Å²) in [4.78, 5) is 4.85. The minimum atomic E-state index is 0. The molecule has 0 spiro atoms. The van der Waals surface area contributed by atoms with Gasteiger partial charge in [-0.25, -0.2) is 0 Å². The quantitative estimate of drug-likeness (QED) is 0.735. The number of phenols is 1. The van der Waals surface area contributed by atoms with Crippen molar-refractivity contribution in [2.24, 2.45) is 0 Å². The zero-order valence-electron chi connectivity index (χ0n) is 16.5. The number of halogens is 1. The Morgan fingerprint density at radius 1 is 0.786 bits per heavy atom. The average molecular weight is 403 g/mol. The zero-order valence-corrected chi connectivity index (χ0v) is 17.3. The van der Waals surface area contributed by atoms with Crippen molar-refractivity contribution in [3.63, 3.8) is 0 Å². The molecule has 2 aromatic carbocycles. The third-order valence-corrected chi connectivity index (χ3v) is 5.67. The predicted molar refractivity (Wildman–Crippen MR) is 115 cm³/mol. The van der Waals surface area contributed by atoms with Gasteiger partial charge in [0, 0.05) is 24.2 Å². The lowest BCUT2D eigenvalue weighted by Gasteiger charge is -2.21. The third-order valence-electron chi connectivity index (χ3n) is 5.67. The fourth-order valence-corrected chi connectivity index (χ4v) is 4.16. The largest absolute Gasteiger partial charge is 0.507 e. The Balaban J connectivity index is 0.00000225. The van der Waals surface area contributed by atoms with E-state index >= 15 is 0 Å². The summed E-state index contributed by atoms with van der Waals surface area (Å²) in [6, 6.07) is 14.3.